The minimum absolute atomic E-state index is 0.178. The average molecular weight is 473 g/mol. The summed E-state index contributed by atoms with van der Waals surface area (Å²) >= 11 is 0. The van der Waals surface area contributed by atoms with Crippen LogP contribution in [-0.4, -0.2) is 59.8 Å². The van der Waals surface area contributed by atoms with Gasteiger partial charge in [-0.2, -0.15) is 0 Å². The van der Waals surface area contributed by atoms with Crippen molar-refractivity contribution >= 4 is 17.5 Å². The number of carbonyl (C=O) groups excluding carboxylic acids is 2. The van der Waals surface area contributed by atoms with Crippen molar-refractivity contribution in [3.05, 3.63) is 71.0 Å². The van der Waals surface area contributed by atoms with Crippen molar-refractivity contribution in [1.29, 1.82) is 0 Å². The summed E-state index contributed by atoms with van der Waals surface area (Å²) in [7, 11) is 2.15. The second-order valence-corrected chi connectivity index (χ2v) is 9.42. The molecular formula is C28H32N4O3. The van der Waals surface area contributed by atoms with Crippen LogP contribution in [0.5, 0.6) is 11.6 Å². The number of benzene rings is 1. The lowest BCUT2D eigenvalue weighted by molar-refractivity contribution is -0.140. The Bertz CT molecular complexity index is 1210. The molecule has 3 aliphatic rings. The molecule has 0 N–H and O–H groups in total. The van der Waals surface area contributed by atoms with Crippen LogP contribution in [0, 0.1) is 0 Å². The highest BCUT2D eigenvalue weighted by atomic mass is 16.5. The van der Waals surface area contributed by atoms with Crippen LogP contribution in [-0.2, 0) is 16.0 Å². The van der Waals surface area contributed by atoms with Gasteiger partial charge in [0, 0.05) is 60.8 Å². The minimum Gasteiger partial charge on any atom is -0.439 e. The molecule has 7 heteroatoms. The summed E-state index contributed by atoms with van der Waals surface area (Å²) in [6.45, 7) is 7.99. The van der Waals surface area contributed by atoms with Gasteiger partial charge in [0.05, 0.1) is 6.04 Å². The first kappa shape index (κ1) is 23.3. The van der Waals surface area contributed by atoms with Crippen molar-refractivity contribution in [3.8, 4) is 11.6 Å². The van der Waals surface area contributed by atoms with Gasteiger partial charge < -0.3 is 14.5 Å². The number of aromatic nitrogens is 1. The molecule has 0 bridgehead atoms. The topological polar surface area (TPSA) is 66.0 Å². The van der Waals surface area contributed by atoms with Gasteiger partial charge in [0.2, 0.25) is 5.88 Å². The molecular weight excluding hydrogens is 440 g/mol. The summed E-state index contributed by atoms with van der Waals surface area (Å²) in [5.41, 5.74) is 4.10. The summed E-state index contributed by atoms with van der Waals surface area (Å²) in [5.74, 6) is 0.853. The van der Waals surface area contributed by atoms with Crippen LogP contribution in [0.25, 0.3) is 0 Å². The smallest absolute Gasteiger partial charge is 0.261 e. The first-order valence-electron chi connectivity index (χ1n) is 12.4. The van der Waals surface area contributed by atoms with Gasteiger partial charge in [0.25, 0.3) is 11.8 Å². The average Bonchev–Trinajstić information content (AvgIpc) is 3.14. The maximum absolute atomic E-state index is 13.1. The first-order chi connectivity index (χ1) is 17.0. The maximum Gasteiger partial charge on any atom is 0.261 e. The molecule has 2 aliphatic heterocycles. The van der Waals surface area contributed by atoms with Gasteiger partial charge in [-0.1, -0.05) is 25.1 Å². The van der Waals surface area contributed by atoms with E-state index in [1.54, 1.807) is 12.3 Å². The lowest BCUT2D eigenvalue weighted by Gasteiger charge is -2.34. The molecule has 1 atom stereocenters. The number of amides is 2. The van der Waals surface area contributed by atoms with Crippen molar-refractivity contribution in [2.45, 2.75) is 39.2 Å². The van der Waals surface area contributed by atoms with Gasteiger partial charge in [-0.15, -0.1) is 0 Å². The molecule has 7 nitrogen and oxygen atoms in total. The third-order valence-electron chi connectivity index (χ3n) is 7.24. The summed E-state index contributed by atoms with van der Waals surface area (Å²) in [4.78, 5) is 36.8. The zero-order valence-corrected chi connectivity index (χ0v) is 20.7. The molecule has 5 rings (SSSR count). The zero-order chi connectivity index (χ0) is 24.5. The summed E-state index contributed by atoms with van der Waals surface area (Å²) in [6, 6.07) is 9.59. The maximum atomic E-state index is 13.1. The predicted molar refractivity (Wildman–Crippen MR) is 136 cm³/mol. The van der Waals surface area contributed by atoms with E-state index >= 15 is 0 Å². The molecule has 0 radical (unpaired) electrons. The lowest BCUT2D eigenvalue weighted by atomic mass is 9.99. The first-order valence-corrected chi connectivity index (χ1v) is 12.4. The Kier molecular flexibility index (Phi) is 6.43. The van der Waals surface area contributed by atoms with Crippen LogP contribution in [0.3, 0.4) is 0 Å². The van der Waals surface area contributed by atoms with E-state index in [0.717, 1.165) is 55.2 Å². The van der Waals surface area contributed by atoms with E-state index in [-0.39, 0.29) is 11.8 Å². The summed E-state index contributed by atoms with van der Waals surface area (Å²) in [6.07, 6.45) is 7.54. The fourth-order valence-electron chi connectivity index (χ4n) is 5.19. The molecule has 35 heavy (non-hydrogen) atoms. The van der Waals surface area contributed by atoms with E-state index < -0.39 is 6.04 Å². The molecule has 2 aromatic rings. The molecule has 1 unspecified atom stereocenters. The Morgan fingerprint density at radius 2 is 1.89 bits per heavy atom. The highest BCUT2D eigenvalue weighted by Gasteiger charge is 2.41. The molecule has 0 saturated carbocycles. The molecule has 1 aromatic carbocycles. The normalized spacial score (nSPS) is 19.4. The Balaban J connectivity index is 1.40. The van der Waals surface area contributed by atoms with Crippen LogP contribution in [0.1, 0.15) is 43.9 Å². The van der Waals surface area contributed by atoms with Gasteiger partial charge in [-0.05, 0) is 57.0 Å². The van der Waals surface area contributed by atoms with E-state index in [1.165, 1.54) is 4.90 Å². The van der Waals surface area contributed by atoms with Crippen LogP contribution in [0.4, 0.5) is 5.69 Å². The molecule has 182 valence electrons. The molecule has 0 spiro atoms. The van der Waals surface area contributed by atoms with Gasteiger partial charge in [0.15, 0.2) is 0 Å². The van der Waals surface area contributed by atoms with Crippen LogP contribution in [0.15, 0.2) is 59.8 Å². The third-order valence-corrected chi connectivity index (χ3v) is 7.24. The number of hydrogen-bond acceptors (Lipinski definition) is 6. The molecule has 1 fully saturated rings. The standard InChI is InChI=1S/C28H32N4O3/c1-4-22-23(19(2)32-27(33)24-10-5-6-11-25(24)28(32)34)12-13-29-26(22)35-21-9-7-8-20(18-21)31-16-14-30(3)15-17-31/h5,7-10,12-13,18-19H,4,6,11,14-17H2,1-3H3. The molecule has 1 aliphatic carbocycles. The fraction of sp³-hybridized carbons (Fsp3) is 0.393. The Morgan fingerprint density at radius 1 is 1.09 bits per heavy atom. The summed E-state index contributed by atoms with van der Waals surface area (Å²) in [5, 5.41) is 0. The molecule has 2 amide bonds. The van der Waals surface area contributed by atoms with E-state index in [1.807, 2.05) is 38.1 Å². The van der Waals surface area contributed by atoms with Crippen molar-refractivity contribution in [1.82, 2.24) is 14.8 Å². The number of piperazine rings is 1. The number of nitrogens with zero attached hydrogens (tertiary/aromatic N) is 4. The van der Waals surface area contributed by atoms with E-state index in [0.29, 0.717) is 29.9 Å². The SMILES string of the molecule is CCc1c(C(C)N2C(=O)C3=C(CCC=C3)C2=O)ccnc1Oc1cccc(N2CCN(C)CC2)c1. The van der Waals surface area contributed by atoms with Crippen molar-refractivity contribution < 1.29 is 14.3 Å². The molecule has 1 saturated heterocycles. The monoisotopic (exact) mass is 472 g/mol. The number of anilines is 1. The van der Waals surface area contributed by atoms with Gasteiger partial charge in [0.1, 0.15) is 5.75 Å². The van der Waals surface area contributed by atoms with Gasteiger partial charge >= 0.3 is 0 Å². The number of ether oxygens (including phenoxy) is 1. The number of rotatable bonds is 6. The van der Waals surface area contributed by atoms with Crippen LogP contribution >= 0.6 is 0 Å². The fourth-order valence-corrected chi connectivity index (χ4v) is 5.19. The van der Waals surface area contributed by atoms with Crippen LogP contribution < -0.4 is 9.64 Å². The number of carbonyl (C=O) groups is 2. The van der Waals surface area contributed by atoms with E-state index in [2.05, 4.69) is 34.0 Å². The van der Waals surface area contributed by atoms with Crippen LogP contribution in [0.2, 0.25) is 0 Å². The second kappa shape index (κ2) is 9.66. The number of hydrogen-bond donors (Lipinski definition) is 0. The summed E-state index contributed by atoms with van der Waals surface area (Å²) < 4.78 is 6.30. The number of imide groups is 1. The number of likely N-dealkylation sites (N-methyl/N-ethyl adjacent to an activating group) is 1. The second-order valence-electron chi connectivity index (χ2n) is 9.42. The number of pyridine rings is 1. The minimum atomic E-state index is -0.411. The third kappa shape index (κ3) is 4.36. The molecule has 1 aromatic heterocycles. The lowest BCUT2D eigenvalue weighted by Crippen LogP contribution is -2.44. The van der Waals surface area contributed by atoms with Crippen molar-refractivity contribution in [3.63, 3.8) is 0 Å². The Labute approximate surface area is 206 Å². The largest absolute Gasteiger partial charge is 0.439 e. The van der Waals surface area contributed by atoms with E-state index in [4.69, 9.17) is 4.74 Å². The number of allylic oxidation sites excluding steroid dienone is 1. The highest BCUT2D eigenvalue weighted by molar-refractivity contribution is 6.21. The van der Waals surface area contributed by atoms with Gasteiger partial charge in [-0.25, -0.2) is 4.98 Å². The van der Waals surface area contributed by atoms with E-state index in [9.17, 15) is 9.59 Å². The quantitative estimate of drug-likeness (QED) is 0.585. The Morgan fingerprint density at radius 3 is 2.63 bits per heavy atom. The van der Waals surface area contributed by atoms with Gasteiger partial charge in [-0.3, -0.25) is 14.5 Å². The van der Waals surface area contributed by atoms with Crippen molar-refractivity contribution in [2.24, 2.45) is 0 Å². The highest BCUT2D eigenvalue weighted by Crippen LogP contribution is 2.38. The molecule has 3 heterocycles. The Hall–Kier alpha value is -3.45. The predicted octanol–water partition coefficient (Wildman–Crippen LogP) is 4.26. The van der Waals surface area contributed by atoms with Crippen molar-refractivity contribution in [2.75, 3.05) is 38.1 Å². The zero-order valence-electron chi connectivity index (χ0n) is 20.7.